The molecule has 0 aliphatic heterocycles. The summed E-state index contributed by atoms with van der Waals surface area (Å²) in [4.78, 5) is 12.3. The number of hydrogen-bond donors (Lipinski definition) is 1. The lowest BCUT2D eigenvalue weighted by molar-refractivity contribution is -0.137. The molecule has 5 nitrogen and oxygen atoms in total. The number of hydrogen-bond acceptors (Lipinski definition) is 4. The van der Waals surface area contributed by atoms with Gasteiger partial charge in [0.05, 0.1) is 17.9 Å². The number of ether oxygens (including phenoxy) is 2. The Morgan fingerprint density at radius 1 is 1.26 bits per heavy atom. The van der Waals surface area contributed by atoms with E-state index in [2.05, 4.69) is 18.3 Å². The summed E-state index contributed by atoms with van der Waals surface area (Å²) in [5, 5.41) is 12.0. The molecular weight excluding hydrogens is 292 g/mol. The highest BCUT2D eigenvalue weighted by Crippen LogP contribution is 2.23. The molecule has 1 aromatic rings. The minimum Gasteiger partial charge on any atom is -0.494 e. The molecule has 0 saturated carbocycles. The number of nitriles is 1. The van der Waals surface area contributed by atoms with Crippen LogP contribution in [0.15, 0.2) is 18.2 Å². The number of carbonyl (C=O) groups is 1. The van der Waals surface area contributed by atoms with Gasteiger partial charge in [-0.3, -0.25) is 4.79 Å². The van der Waals surface area contributed by atoms with E-state index in [-0.39, 0.29) is 5.91 Å². The van der Waals surface area contributed by atoms with E-state index in [0.29, 0.717) is 30.2 Å². The maximum absolute atomic E-state index is 12.3. The molecule has 1 rings (SSSR count). The van der Waals surface area contributed by atoms with Gasteiger partial charge < -0.3 is 14.8 Å². The van der Waals surface area contributed by atoms with Crippen LogP contribution in [0.2, 0.25) is 0 Å². The molecule has 5 heteroatoms. The van der Waals surface area contributed by atoms with Gasteiger partial charge in [-0.05, 0) is 44.9 Å². The zero-order valence-electron chi connectivity index (χ0n) is 14.4. The molecule has 0 saturated heterocycles. The molecule has 1 N–H and O–H groups in total. The zero-order chi connectivity index (χ0) is 17.3. The van der Waals surface area contributed by atoms with Gasteiger partial charge in [0.25, 0.3) is 5.91 Å². The molecule has 0 heterocycles. The fraction of sp³-hybridized carbons (Fsp3) is 0.556. The number of carbonyl (C=O) groups excluding carboxylic acids is 1. The van der Waals surface area contributed by atoms with Crippen LogP contribution in [0.1, 0.15) is 52.5 Å². The lowest BCUT2D eigenvalue weighted by Crippen LogP contribution is -2.40. The summed E-state index contributed by atoms with van der Waals surface area (Å²) in [6.45, 7) is 8.63. The Bertz CT molecular complexity index is 562. The van der Waals surface area contributed by atoms with Crippen molar-refractivity contribution in [3.05, 3.63) is 23.8 Å². The molecular formula is C18H26N2O3. The Hall–Kier alpha value is -2.06. The molecule has 0 bridgehead atoms. The SMILES string of the molecule is CCCCOc1ccc(NC(=O)C(C)(C)OCCC)c(C#N)c1. The van der Waals surface area contributed by atoms with Gasteiger partial charge >= 0.3 is 0 Å². The van der Waals surface area contributed by atoms with Crippen molar-refractivity contribution in [3.63, 3.8) is 0 Å². The van der Waals surface area contributed by atoms with E-state index in [4.69, 9.17) is 9.47 Å². The maximum atomic E-state index is 12.3. The first-order valence-electron chi connectivity index (χ1n) is 8.07. The number of nitrogens with one attached hydrogen (secondary N) is 1. The van der Waals surface area contributed by atoms with Crippen molar-refractivity contribution in [2.45, 2.75) is 52.6 Å². The Labute approximate surface area is 138 Å². The lowest BCUT2D eigenvalue weighted by atomic mass is 10.1. The van der Waals surface area contributed by atoms with Gasteiger partial charge in [0.15, 0.2) is 0 Å². The smallest absolute Gasteiger partial charge is 0.256 e. The van der Waals surface area contributed by atoms with Crippen LogP contribution >= 0.6 is 0 Å². The van der Waals surface area contributed by atoms with Gasteiger partial charge in [-0.25, -0.2) is 0 Å². The standard InChI is InChI=1S/C18H26N2O3/c1-5-7-11-22-15-8-9-16(14(12-15)13-19)20-17(21)18(3,4)23-10-6-2/h8-9,12H,5-7,10-11H2,1-4H3,(H,20,21). The van der Waals surface area contributed by atoms with Crippen molar-refractivity contribution in [2.75, 3.05) is 18.5 Å². The van der Waals surface area contributed by atoms with E-state index < -0.39 is 5.60 Å². The molecule has 0 unspecified atom stereocenters. The van der Waals surface area contributed by atoms with Crippen LogP contribution in [0.3, 0.4) is 0 Å². The van der Waals surface area contributed by atoms with Crippen LogP contribution in [0.5, 0.6) is 5.75 Å². The quantitative estimate of drug-likeness (QED) is 0.701. The molecule has 0 aliphatic carbocycles. The van der Waals surface area contributed by atoms with Gasteiger partial charge in [0.1, 0.15) is 17.4 Å². The second-order valence-electron chi connectivity index (χ2n) is 5.83. The number of amides is 1. The number of nitrogens with zero attached hydrogens (tertiary/aromatic N) is 1. The summed E-state index contributed by atoms with van der Waals surface area (Å²) >= 11 is 0. The first-order valence-corrected chi connectivity index (χ1v) is 8.07. The van der Waals surface area contributed by atoms with E-state index in [1.165, 1.54) is 0 Å². The van der Waals surface area contributed by atoms with Gasteiger partial charge in [-0.1, -0.05) is 20.3 Å². The summed E-state index contributed by atoms with van der Waals surface area (Å²) in [7, 11) is 0. The van der Waals surface area contributed by atoms with Crippen LogP contribution in [0.4, 0.5) is 5.69 Å². The van der Waals surface area contributed by atoms with Crippen LogP contribution in [-0.2, 0) is 9.53 Å². The van der Waals surface area contributed by atoms with Crippen molar-refractivity contribution in [2.24, 2.45) is 0 Å². The highest BCUT2D eigenvalue weighted by atomic mass is 16.5. The molecule has 0 radical (unpaired) electrons. The third-order valence-corrected chi connectivity index (χ3v) is 3.34. The van der Waals surface area contributed by atoms with E-state index >= 15 is 0 Å². The predicted molar refractivity (Wildman–Crippen MR) is 90.5 cm³/mol. The normalized spacial score (nSPS) is 10.9. The molecule has 1 amide bonds. The third-order valence-electron chi connectivity index (χ3n) is 3.34. The topological polar surface area (TPSA) is 71.3 Å². The predicted octanol–water partition coefficient (Wildman–Crippen LogP) is 3.88. The molecule has 1 aromatic carbocycles. The van der Waals surface area contributed by atoms with Crippen LogP contribution in [-0.4, -0.2) is 24.7 Å². The van der Waals surface area contributed by atoms with Gasteiger partial charge in [-0.15, -0.1) is 0 Å². The van der Waals surface area contributed by atoms with Crippen molar-refractivity contribution in [1.82, 2.24) is 0 Å². The fourth-order valence-corrected chi connectivity index (χ4v) is 1.84. The molecule has 0 fully saturated rings. The Kier molecular flexibility index (Phi) is 7.56. The average molecular weight is 318 g/mol. The number of unbranched alkanes of at least 4 members (excludes halogenated alkanes) is 1. The van der Waals surface area contributed by atoms with E-state index in [1.807, 2.05) is 6.92 Å². The van der Waals surface area contributed by atoms with E-state index in [1.54, 1.807) is 32.0 Å². The summed E-state index contributed by atoms with van der Waals surface area (Å²) in [5.74, 6) is 0.358. The maximum Gasteiger partial charge on any atom is 0.256 e. The molecule has 0 aliphatic rings. The molecule has 126 valence electrons. The Morgan fingerprint density at radius 3 is 2.61 bits per heavy atom. The first-order chi connectivity index (χ1) is 10.9. The highest BCUT2D eigenvalue weighted by Gasteiger charge is 2.28. The molecule has 0 aromatic heterocycles. The Morgan fingerprint density at radius 2 is 2.00 bits per heavy atom. The minimum absolute atomic E-state index is 0.276. The second kappa shape index (κ2) is 9.16. The molecule has 0 atom stereocenters. The van der Waals surface area contributed by atoms with Crippen molar-refractivity contribution in [3.8, 4) is 11.8 Å². The molecule has 23 heavy (non-hydrogen) atoms. The monoisotopic (exact) mass is 318 g/mol. The summed E-state index contributed by atoms with van der Waals surface area (Å²) in [6, 6.07) is 7.18. The molecule has 0 spiro atoms. The van der Waals surface area contributed by atoms with E-state index in [9.17, 15) is 10.1 Å². The first kappa shape index (κ1) is 19.0. The highest BCUT2D eigenvalue weighted by molar-refractivity contribution is 5.97. The van der Waals surface area contributed by atoms with Crippen molar-refractivity contribution in [1.29, 1.82) is 5.26 Å². The fourth-order valence-electron chi connectivity index (χ4n) is 1.84. The largest absolute Gasteiger partial charge is 0.494 e. The summed E-state index contributed by atoms with van der Waals surface area (Å²) in [5.41, 5.74) is -0.105. The van der Waals surface area contributed by atoms with E-state index in [0.717, 1.165) is 19.3 Å². The van der Waals surface area contributed by atoms with Crippen LogP contribution in [0, 0.1) is 11.3 Å². The Balaban J connectivity index is 2.80. The lowest BCUT2D eigenvalue weighted by Gasteiger charge is -2.24. The van der Waals surface area contributed by atoms with Gasteiger partial charge in [0.2, 0.25) is 0 Å². The summed E-state index contributed by atoms with van der Waals surface area (Å²) in [6.07, 6.45) is 2.85. The van der Waals surface area contributed by atoms with Crippen molar-refractivity contribution < 1.29 is 14.3 Å². The van der Waals surface area contributed by atoms with Crippen molar-refractivity contribution >= 4 is 11.6 Å². The number of benzene rings is 1. The third kappa shape index (κ3) is 5.91. The van der Waals surface area contributed by atoms with Gasteiger partial charge in [-0.2, -0.15) is 5.26 Å². The minimum atomic E-state index is -0.945. The van der Waals surface area contributed by atoms with Crippen LogP contribution < -0.4 is 10.1 Å². The summed E-state index contributed by atoms with van der Waals surface area (Å²) < 4.78 is 11.1. The number of anilines is 1. The average Bonchev–Trinajstić information content (AvgIpc) is 2.54. The van der Waals surface area contributed by atoms with Gasteiger partial charge in [0, 0.05) is 6.61 Å². The van der Waals surface area contributed by atoms with Crippen LogP contribution in [0.25, 0.3) is 0 Å². The second-order valence-corrected chi connectivity index (χ2v) is 5.83. The zero-order valence-corrected chi connectivity index (χ0v) is 14.4. The number of rotatable bonds is 9.